The van der Waals surface area contributed by atoms with Crippen molar-refractivity contribution < 1.29 is 5.11 Å². The molecule has 1 N–H and O–H groups in total. The Kier molecular flexibility index (Phi) is 3.01. The Labute approximate surface area is 106 Å². The maximum absolute atomic E-state index is 11.2. The maximum atomic E-state index is 11.2. The molecule has 0 spiro atoms. The first-order chi connectivity index (χ1) is 8.11. The first-order valence-electron chi connectivity index (χ1n) is 7.84. The molecule has 0 aromatic rings. The van der Waals surface area contributed by atoms with Crippen molar-refractivity contribution >= 4 is 0 Å². The summed E-state index contributed by atoms with van der Waals surface area (Å²) < 4.78 is 0. The van der Waals surface area contributed by atoms with E-state index in [1.165, 1.54) is 44.9 Å². The summed E-state index contributed by atoms with van der Waals surface area (Å²) in [5.41, 5.74) is -0.276. The minimum atomic E-state index is -0.276. The lowest BCUT2D eigenvalue weighted by atomic mass is 9.48. The number of hydrogen-bond acceptors (Lipinski definition) is 1. The SMILES string of the molecule is CCCC(C)CC1(O)C2CC3CC(C2)CC1C3. The Balaban J connectivity index is 1.73. The van der Waals surface area contributed by atoms with Crippen molar-refractivity contribution in [2.45, 2.75) is 70.8 Å². The van der Waals surface area contributed by atoms with Crippen LogP contribution in [0.15, 0.2) is 0 Å². The summed E-state index contributed by atoms with van der Waals surface area (Å²) in [6, 6.07) is 0. The van der Waals surface area contributed by atoms with E-state index in [0.717, 1.165) is 18.3 Å². The Hall–Kier alpha value is -0.0400. The van der Waals surface area contributed by atoms with E-state index in [1.807, 2.05) is 0 Å². The number of hydrogen-bond donors (Lipinski definition) is 1. The zero-order valence-electron chi connectivity index (χ0n) is 11.5. The molecule has 0 saturated heterocycles. The predicted octanol–water partition coefficient (Wildman–Crippen LogP) is 4.00. The average molecular weight is 236 g/mol. The normalized spacial score (nSPS) is 49.6. The highest BCUT2D eigenvalue weighted by molar-refractivity contribution is 5.07. The largest absolute Gasteiger partial charge is 0.389 e. The molecule has 4 bridgehead atoms. The van der Waals surface area contributed by atoms with Crippen LogP contribution >= 0.6 is 0 Å². The van der Waals surface area contributed by atoms with E-state index < -0.39 is 0 Å². The van der Waals surface area contributed by atoms with Crippen LogP contribution in [0.25, 0.3) is 0 Å². The monoisotopic (exact) mass is 236 g/mol. The van der Waals surface area contributed by atoms with Crippen molar-refractivity contribution in [3.63, 3.8) is 0 Å². The van der Waals surface area contributed by atoms with E-state index in [1.54, 1.807) is 0 Å². The van der Waals surface area contributed by atoms with E-state index in [4.69, 9.17) is 0 Å². The molecular formula is C16H28O. The molecule has 1 unspecified atom stereocenters. The zero-order chi connectivity index (χ0) is 12.0. The molecule has 4 rings (SSSR count). The second kappa shape index (κ2) is 4.26. The van der Waals surface area contributed by atoms with E-state index >= 15 is 0 Å². The van der Waals surface area contributed by atoms with Crippen molar-refractivity contribution in [1.29, 1.82) is 0 Å². The lowest BCUT2D eigenvalue weighted by Gasteiger charge is -2.59. The van der Waals surface area contributed by atoms with Crippen molar-refractivity contribution in [2.24, 2.45) is 29.6 Å². The highest BCUT2D eigenvalue weighted by Gasteiger charge is 2.56. The van der Waals surface area contributed by atoms with Crippen LogP contribution in [0.4, 0.5) is 0 Å². The van der Waals surface area contributed by atoms with Crippen LogP contribution < -0.4 is 0 Å². The van der Waals surface area contributed by atoms with Gasteiger partial charge in [0.2, 0.25) is 0 Å². The first-order valence-corrected chi connectivity index (χ1v) is 7.84. The molecule has 4 aliphatic carbocycles. The topological polar surface area (TPSA) is 20.2 Å². The van der Waals surface area contributed by atoms with Crippen molar-refractivity contribution in [1.82, 2.24) is 0 Å². The van der Waals surface area contributed by atoms with Crippen LogP contribution in [0.2, 0.25) is 0 Å². The van der Waals surface area contributed by atoms with Crippen LogP contribution in [0.5, 0.6) is 0 Å². The van der Waals surface area contributed by atoms with Gasteiger partial charge in [-0.25, -0.2) is 0 Å². The standard InChI is InChI=1S/C16H28O/c1-3-4-11(2)10-16(17)14-6-12-5-13(8-14)9-15(16)7-12/h11-15,17H,3-10H2,1-2H3. The van der Waals surface area contributed by atoms with Crippen LogP contribution in [0, 0.1) is 29.6 Å². The van der Waals surface area contributed by atoms with Gasteiger partial charge in [0, 0.05) is 0 Å². The number of aliphatic hydroxyl groups is 1. The van der Waals surface area contributed by atoms with Gasteiger partial charge in [-0.2, -0.15) is 0 Å². The second-order valence-electron chi connectivity index (χ2n) is 7.39. The van der Waals surface area contributed by atoms with Gasteiger partial charge in [0.25, 0.3) is 0 Å². The molecule has 1 nitrogen and oxygen atoms in total. The second-order valence-corrected chi connectivity index (χ2v) is 7.39. The highest BCUT2D eigenvalue weighted by Crippen LogP contribution is 2.59. The Morgan fingerprint density at radius 2 is 1.59 bits per heavy atom. The third kappa shape index (κ3) is 1.95. The van der Waals surface area contributed by atoms with Gasteiger partial charge < -0.3 is 5.11 Å². The molecule has 0 amide bonds. The summed E-state index contributed by atoms with van der Waals surface area (Å²) >= 11 is 0. The molecule has 4 saturated carbocycles. The van der Waals surface area contributed by atoms with E-state index in [0.29, 0.717) is 17.8 Å². The molecule has 17 heavy (non-hydrogen) atoms. The van der Waals surface area contributed by atoms with Gasteiger partial charge in [0.05, 0.1) is 5.60 Å². The Morgan fingerprint density at radius 1 is 1.06 bits per heavy atom. The molecule has 4 aliphatic rings. The minimum Gasteiger partial charge on any atom is -0.389 e. The fraction of sp³-hybridized carbons (Fsp3) is 1.00. The molecule has 0 aromatic heterocycles. The minimum absolute atomic E-state index is 0.276. The zero-order valence-corrected chi connectivity index (χ0v) is 11.5. The third-order valence-electron chi connectivity index (χ3n) is 6.01. The first kappa shape index (κ1) is 12.0. The average Bonchev–Trinajstić information content (AvgIpc) is 2.25. The smallest absolute Gasteiger partial charge is 0.0706 e. The van der Waals surface area contributed by atoms with Crippen LogP contribution in [0.1, 0.15) is 65.2 Å². The van der Waals surface area contributed by atoms with Gasteiger partial charge in [-0.05, 0) is 68.1 Å². The van der Waals surface area contributed by atoms with Gasteiger partial charge in [-0.15, -0.1) is 0 Å². The molecule has 0 aromatic carbocycles. The lowest BCUT2D eigenvalue weighted by molar-refractivity contribution is -0.181. The molecule has 98 valence electrons. The molecule has 4 fully saturated rings. The summed E-state index contributed by atoms with van der Waals surface area (Å²) in [7, 11) is 0. The van der Waals surface area contributed by atoms with Crippen molar-refractivity contribution in [3.8, 4) is 0 Å². The molecule has 1 atom stereocenters. The van der Waals surface area contributed by atoms with Crippen LogP contribution in [-0.2, 0) is 0 Å². The Morgan fingerprint density at radius 3 is 2.06 bits per heavy atom. The van der Waals surface area contributed by atoms with Gasteiger partial charge in [-0.3, -0.25) is 0 Å². The van der Waals surface area contributed by atoms with E-state index in [9.17, 15) is 5.11 Å². The quantitative estimate of drug-likeness (QED) is 0.782. The predicted molar refractivity (Wildman–Crippen MR) is 70.7 cm³/mol. The van der Waals surface area contributed by atoms with Crippen molar-refractivity contribution in [2.75, 3.05) is 0 Å². The molecule has 1 heteroatoms. The molecule has 0 heterocycles. The fourth-order valence-corrected chi connectivity index (χ4v) is 5.49. The molecule has 0 aliphatic heterocycles. The van der Waals surface area contributed by atoms with Gasteiger partial charge in [0.1, 0.15) is 0 Å². The van der Waals surface area contributed by atoms with Gasteiger partial charge >= 0.3 is 0 Å². The summed E-state index contributed by atoms with van der Waals surface area (Å²) in [5, 5.41) is 11.2. The lowest BCUT2D eigenvalue weighted by Crippen LogP contribution is -2.58. The van der Waals surface area contributed by atoms with Gasteiger partial charge in [0.15, 0.2) is 0 Å². The summed E-state index contributed by atoms with van der Waals surface area (Å²) in [4.78, 5) is 0. The highest BCUT2D eigenvalue weighted by atomic mass is 16.3. The van der Waals surface area contributed by atoms with E-state index in [-0.39, 0.29) is 5.60 Å². The number of rotatable bonds is 4. The van der Waals surface area contributed by atoms with Crippen molar-refractivity contribution in [3.05, 3.63) is 0 Å². The summed E-state index contributed by atoms with van der Waals surface area (Å²) in [5.74, 6) is 3.96. The van der Waals surface area contributed by atoms with Crippen LogP contribution in [0.3, 0.4) is 0 Å². The summed E-state index contributed by atoms with van der Waals surface area (Å²) in [6.07, 6.45) is 10.4. The fourth-order valence-electron chi connectivity index (χ4n) is 5.49. The molecular weight excluding hydrogens is 208 g/mol. The third-order valence-corrected chi connectivity index (χ3v) is 6.01. The Bertz CT molecular complexity index is 255. The van der Waals surface area contributed by atoms with Crippen LogP contribution in [-0.4, -0.2) is 10.7 Å². The maximum Gasteiger partial charge on any atom is 0.0706 e. The summed E-state index contributed by atoms with van der Waals surface area (Å²) in [6.45, 7) is 4.60. The van der Waals surface area contributed by atoms with Gasteiger partial charge in [-0.1, -0.05) is 26.7 Å². The molecule has 0 radical (unpaired) electrons. The van der Waals surface area contributed by atoms with E-state index in [2.05, 4.69) is 13.8 Å².